The molecule has 1 aromatic carbocycles. The Kier molecular flexibility index (Phi) is 8.54. The SMILES string of the molecule is CCc1cccc(NC(N)=NCCc2csc(C(C)C)n2)c1.I. The van der Waals surface area contributed by atoms with E-state index in [-0.39, 0.29) is 24.0 Å². The van der Waals surface area contributed by atoms with Gasteiger partial charge in [-0.1, -0.05) is 32.9 Å². The predicted octanol–water partition coefficient (Wildman–Crippen LogP) is 4.42. The van der Waals surface area contributed by atoms with Crippen LogP contribution in [-0.2, 0) is 12.8 Å². The average Bonchev–Trinajstić information content (AvgIpc) is 2.96. The molecule has 4 nitrogen and oxygen atoms in total. The van der Waals surface area contributed by atoms with Gasteiger partial charge in [0.25, 0.3) is 0 Å². The number of nitrogens with zero attached hydrogens (tertiary/aromatic N) is 2. The molecule has 0 fully saturated rings. The predicted molar refractivity (Wildman–Crippen MR) is 111 cm³/mol. The number of nitrogens with two attached hydrogens (primary N) is 1. The van der Waals surface area contributed by atoms with E-state index in [1.54, 1.807) is 11.3 Å². The van der Waals surface area contributed by atoms with Crippen molar-refractivity contribution in [2.24, 2.45) is 10.7 Å². The number of aryl methyl sites for hydroxylation is 1. The zero-order chi connectivity index (χ0) is 15.9. The van der Waals surface area contributed by atoms with Crippen molar-refractivity contribution >= 4 is 47.0 Å². The third-order valence-electron chi connectivity index (χ3n) is 3.32. The smallest absolute Gasteiger partial charge is 0.193 e. The minimum absolute atomic E-state index is 0. The molecule has 1 heterocycles. The molecule has 0 bridgehead atoms. The molecule has 0 amide bonds. The van der Waals surface area contributed by atoms with E-state index in [4.69, 9.17) is 5.73 Å². The second kappa shape index (κ2) is 9.87. The van der Waals surface area contributed by atoms with Crippen molar-refractivity contribution < 1.29 is 0 Å². The maximum Gasteiger partial charge on any atom is 0.193 e. The summed E-state index contributed by atoms with van der Waals surface area (Å²) in [4.78, 5) is 8.97. The summed E-state index contributed by atoms with van der Waals surface area (Å²) in [5.74, 6) is 0.937. The summed E-state index contributed by atoms with van der Waals surface area (Å²) in [6, 6.07) is 8.22. The standard InChI is InChI=1S/C17H24N4S.HI/c1-4-13-6-5-7-14(10-13)21-17(18)19-9-8-15-11-22-16(20-15)12(2)3;/h5-7,10-12H,4,8-9H2,1-3H3,(H3,18,19,21);1H. The molecule has 6 heteroatoms. The van der Waals surface area contributed by atoms with Gasteiger partial charge in [-0.25, -0.2) is 4.98 Å². The topological polar surface area (TPSA) is 63.3 Å². The van der Waals surface area contributed by atoms with E-state index < -0.39 is 0 Å². The average molecular weight is 444 g/mol. The molecule has 0 saturated heterocycles. The molecule has 1 aromatic heterocycles. The van der Waals surface area contributed by atoms with Crippen molar-refractivity contribution in [2.45, 2.75) is 39.5 Å². The maximum atomic E-state index is 5.94. The molecule has 0 aliphatic carbocycles. The highest BCUT2D eigenvalue weighted by Crippen LogP contribution is 2.19. The van der Waals surface area contributed by atoms with Gasteiger partial charge in [-0.3, -0.25) is 4.99 Å². The molecule has 0 spiro atoms. The number of aromatic nitrogens is 1. The molecule has 0 saturated carbocycles. The number of halogens is 1. The van der Waals surface area contributed by atoms with E-state index in [0.29, 0.717) is 18.4 Å². The summed E-state index contributed by atoms with van der Waals surface area (Å²) < 4.78 is 0. The van der Waals surface area contributed by atoms with Crippen LogP contribution in [0.5, 0.6) is 0 Å². The van der Waals surface area contributed by atoms with Gasteiger partial charge in [0.05, 0.1) is 10.7 Å². The third-order valence-corrected chi connectivity index (χ3v) is 4.52. The van der Waals surface area contributed by atoms with Gasteiger partial charge >= 0.3 is 0 Å². The van der Waals surface area contributed by atoms with Gasteiger partial charge in [0.15, 0.2) is 5.96 Å². The first-order valence-corrected chi connectivity index (χ1v) is 8.56. The van der Waals surface area contributed by atoms with Crippen molar-refractivity contribution in [2.75, 3.05) is 11.9 Å². The van der Waals surface area contributed by atoms with E-state index >= 15 is 0 Å². The van der Waals surface area contributed by atoms with Gasteiger partial charge in [0.2, 0.25) is 0 Å². The Balaban J connectivity index is 0.00000264. The summed E-state index contributed by atoms with van der Waals surface area (Å²) in [5, 5.41) is 6.43. The lowest BCUT2D eigenvalue weighted by atomic mass is 10.1. The second-order valence-corrected chi connectivity index (χ2v) is 6.42. The fraction of sp³-hybridized carbons (Fsp3) is 0.412. The van der Waals surface area contributed by atoms with Crippen LogP contribution in [0.25, 0.3) is 0 Å². The van der Waals surface area contributed by atoms with E-state index in [2.05, 4.69) is 53.6 Å². The van der Waals surface area contributed by atoms with Crippen LogP contribution in [0.3, 0.4) is 0 Å². The van der Waals surface area contributed by atoms with Gasteiger partial charge in [0, 0.05) is 30.0 Å². The number of hydrogen-bond acceptors (Lipinski definition) is 3. The van der Waals surface area contributed by atoms with Gasteiger partial charge in [-0.2, -0.15) is 0 Å². The maximum absolute atomic E-state index is 5.94. The van der Waals surface area contributed by atoms with Crippen LogP contribution in [0.4, 0.5) is 5.69 Å². The Morgan fingerprint density at radius 2 is 2.17 bits per heavy atom. The Labute approximate surface area is 159 Å². The number of guanidine groups is 1. The lowest BCUT2D eigenvalue weighted by Gasteiger charge is -2.06. The van der Waals surface area contributed by atoms with Crippen LogP contribution in [0.15, 0.2) is 34.6 Å². The minimum atomic E-state index is 0. The first-order valence-electron chi connectivity index (χ1n) is 7.68. The number of hydrogen-bond donors (Lipinski definition) is 2. The molecule has 0 atom stereocenters. The highest BCUT2D eigenvalue weighted by Gasteiger charge is 2.05. The van der Waals surface area contributed by atoms with Gasteiger partial charge < -0.3 is 11.1 Å². The number of thiazole rings is 1. The van der Waals surface area contributed by atoms with Gasteiger partial charge in [-0.15, -0.1) is 35.3 Å². The molecule has 23 heavy (non-hydrogen) atoms. The van der Waals surface area contributed by atoms with E-state index in [1.807, 2.05) is 12.1 Å². The number of benzene rings is 1. The summed E-state index contributed by atoms with van der Waals surface area (Å²) in [5.41, 5.74) is 9.29. The van der Waals surface area contributed by atoms with Crippen LogP contribution in [0, 0.1) is 0 Å². The molecule has 3 N–H and O–H groups in total. The molecule has 0 aliphatic rings. The minimum Gasteiger partial charge on any atom is -0.370 e. The quantitative estimate of drug-likeness (QED) is 0.394. The molecule has 2 rings (SSSR count). The molecule has 126 valence electrons. The van der Waals surface area contributed by atoms with Gasteiger partial charge in [0.1, 0.15) is 0 Å². The summed E-state index contributed by atoms with van der Waals surface area (Å²) in [7, 11) is 0. The number of aliphatic imine (C=N–C) groups is 1. The van der Waals surface area contributed by atoms with Crippen LogP contribution in [0.2, 0.25) is 0 Å². The van der Waals surface area contributed by atoms with Gasteiger partial charge in [-0.05, 0) is 24.1 Å². The largest absolute Gasteiger partial charge is 0.370 e. The van der Waals surface area contributed by atoms with Crippen molar-refractivity contribution in [3.8, 4) is 0 Å². The fourth-order valence-corrected chi connectivity index (χ4v) is 2.92. The third kappa shape index (κ3) is 6.47. The highest BCUT2D eigenvalue weighted by molar-refractivity contribution is 14.0. The lowest BCUT2D eigenvalue weighted by molar-refractivity contribution is 0.831. The molecule has 0 radical (unpaired) electrons. The first-order chi connectivity index (χ1) is 10.6. The van der Waals surface area contributed by atoms with Crippen molar-refractivity contribution in [3.05, 3.63) is 45.9 Å². The monoisotopic (exact) mass is 444 g/mol. The van der Waals surface area contributed by atoms with Crippen LogP contribution in [-0.4, -0.2) is 17.5 Å². The highest BCUT2D eigenvalue weighted by atomic mass is 127. The zero-order valence-corrected chi connectivity index (χ0v) is 17.0. The summed E-state index contributed by atoms with van der Waals surface area (Å²) in [6.45, 7) is 7.10. The van der Waals surface area contributed by atoms with Crippen molar-refractivity contribution in [1.29, 1.82) is 0 Å². The second-order valence-electron chi connectivity index (χ2n) is 5.53. The molecular formula is C17H25IN4S. The molecule has 0 unspecified atom stereocenters. The van der Waals surface area contributed by atoms with Crippen LogP contribution in [0.1, 0.15) is 43.0 Å². The number of rotatable bonds is 6. The van der Waals surface area contributed by atoms with E-state index in [9.17, 15) is 0 Å². The lowest BCUT2D eigenvalue weighted by Crippen LogP contribution is -2.23. The van der Waals surface area contributed by atoms with Crippen molar-refractivity contribution in [3.63, 3.8) is 0 Å². The fourth-order valence-electron chi connectivity index (χ4n) is 2.05. The molecule has 0 aliphatic heterocycles. The Bertz CT molecular complexity index is 637. The molecular weight excluding hydrogens is 419 g/mol. The summed E-state index contributed by atoms with van der Waals surface area (Å²) >= 11 is 1.72. The Morgan fingerprint density at radius 1 is 1.39 bits per heavy atom. The van der Waals surface area contributed by atoms with Crippen LogP contribution >= 0.6 is 35.3 Å². The first kappa shape index (κ1) is 19.9. The van der Waals surface area contributed by atoms with Crippen molar-refractivity contribution in [1.82, 2.24) is 4.98 Å². The van der Waals surface area contributed by atoms with E-state index in [0.717, 1.165) is 24.2 Å². The summed E-state index contributed by atoms with van der Waals surface area (Å²) in [6.07, 6.45) is 1.83. The Morgan fingerprint density at radius 3 is 2.83 bits per heavy atom. The number of anilines is 1. The zero-order valence-electron chi connectivity index (χ0n) is 13.9. The van der Waals surface area contributed by atoms with Crippen LogP contribution < -0.4 is 11.1 Å². The van der Waals surface area contributed by atoms with E-state index in [1.165, 1.54) is 10.6 Å². The number of nitrogens with one attached hydrogen (secondary N) is 1. The molecule has 2 aromatic rings. The normalized spacial score (nSPS) is 11.4. The Hall–Kier alpha value is -1.15.